The van der Waals surface area contributed by atoms with E-state index in [-0.39, 0.29) is 5.82 Å². The fraction of sp³-hybridized carbons (Fsp3) is 0.267. The van der Waals surface area contributed by atoms with Gasteiger partial charge >= 0.3 is 0 Å². The molecule has 24 heavy (non-hydrogen) atoms. The van der Waals surface area contributed by atoms with Gasteiger partial charge in [0.2, 0.25) is 0 Å². The first kappa shape index (κ1) is 16.3. The van der Waals surface area contributed by atoms with Crippen LogP contribution >= 0.6 is 11.8 Å². The Balaban J connectivity index is 1.91. The second-order valence-electron chi connectivity index (χ2n) is 5.06. The Morgan fingerprint density at radius 2 is 2.08 bits per heavy atom. The highest BCUT2D eigenvalue weighted by molar-refractivity contribution is 8.00. The summed E-state index contributed by atoms with van der Waals surface area (Å²) in [6.45, 7) is 2.13. The van der Waals surface area contributed by atoms with Gasteiger partial charge in [-0.25, -0.2) is 19.0 Å². The summed E-state index contributed by atoms with van der Waals surface area (Å²) in [4.78, 5) is 19.4. The first-order valence-corrected chi connectivity index (χ1v) is 8.12. The molecule has 0 saturated carbocycles. The molecule has 0 N–H and O–H groups in total. The van der Waals surface area contributed by atoms with Crippen LogP contribution < -0.4 is 5.11 Å². The monoisotopic (exact) mass is 346 g/mol. The first-order chi connectivity index (χ1) is 11.6. The van der Waals surface area contributed by atoms with Gasteiger partial charge in [0.1, 0.15) is 17.2 Å². The highest BCUT2D eigenvalue weighted by Gasteiger charge is 2.17. The number of aromatic nitrogens is 5. The fourth-order valence-electron chi connectivity index (χ4n) is 2.16. The quantitative estimate of drug-likeness (QED) is 0.486. The van der Waals surface area contributed by atoms with Crippen LogP contribution in [0.1, 0.15) is 18.9 Å². The summed E-state index contributed by atoms with van der Waals surface area (Å²) in [6.07, 6.45) is 1.75. The van der Waals surface area contributed by atoms with E-state index in [1.54, 1.807) is 23.7 Å². The lowest BCUT2D eigenvalue weighted by atomic mass is 10.2. The third kappa shape index (κ3) is 3.35. The van der Waals surface area contributed by atoms with E-state index in [1.165, 1.54) is 18.5 Å². The number of benzene rings is 1. The largest absolute Gasteiger partial charge is 0.549 e. The summed E-state index contributed by atoms with van der Waals surface area (Å²) in [5.74, 6) is -1.45. The van der Waals surface area contributed by atoms with Crippen molar-refractivity contribution in [2.24, 2.45) is 0 Å². The SMILES string of the molecule is CC[C@@H](Sc1ncnc2c1nnn2Cc1ccc(F)cc1)C(=O)[O-]. The van der Waals surface area contributed by atoms with Crippen LogP contribution in [0.4, 0.5) is 4.39 Å². The summed E-state index contributed by atoms with van der Waals surface area (Å²) in [5.41, 5.74) is 1.77. The van der Waals surface area contributed by atoms with Crippen molar-refractivity contribution in [1.82, 2.24) is 25.0 Å². The molecule has 0 fully saturated rings. The maximum atomic E-state index is 13.0. The van der Waals surface area contributed by atoms with Gasteiger partial charge in [0, 0.05) is 0 Å². The van der Waals surface area contributed by atoms with Crippen molar-refractivity contribution in [3.8, 4) is 0 Å². The lowest BCUT2D eigenvalue weighted by Gasteiger charge is -2.14. The van der Waals surface area contributed by atoms with Gasteiger partial charge in [-0.3, -0.25) is 0 Å². The van der Waals surface area contributed by atoms with Crippen molar-refractivity contribution in [3.05, 3.63) is 42.0 Å². The number of halogens is 1. The molecule has 2 aromatic heterocycles. The van der Waals surface area contributed by atoms with Crippen molar-refractivity contribution in [3.63, 3.8) is 0 Å². The maximum Gasteiger partial charge on any atom is 0.183 e. The van der Waals surface area contributed by atoms with E-state index in [2.05, 4.69) is 20.3 Å². The molecule has 2 heterocycles. The van der Waals surface area contributed by atoms with E-state index in [0.29, 0.717) is 29.2 Å². The normalized spacial score (nSPS) is 12.4. The van der Waals surface area contributed by atoms with Crippen LogP contribution in [-0.4, -0.2) is 36.2 Å². The van der Waals surface area contributed by atoms with E-state index >= 15 is 0 Å². The molecule has 124 valence electrons. The number of rotatable bonds is 6. The number of carbonyl (C=O) groups is 1. The number of hydrogen-bond donors (Lipinski definition) is 0. The minimum Gasteiger partial charge on any atom is -0.549 e. The second-order valence-corrected chi connectivity index (χ2v) is 6.25. The molecule has 1 aromatic carbocycles. The van der Waals surface area contributed by atoms with Gasteiger partial charge in [-0.15, -0.1) is 5.10 Å². The van der Waals surface area contributed by atoms with Gasteiger partial charge in [0.05, 0.1) is 17.8 Å². The van der Waals surface area contributed by atoms with E-state index in [1.807, 2.05) is 0 Å². The minimum atomic E-state index is -1.15. The molecule has 7 nitrogen and oxygen atoms in total. The number of carboxylic acid groups (broad SMARTS) is 1. The first-order valence-electron chi connectivity index (χ1n) is 7.24. The van der Waals surface area contributed by atoms with Gasteiger partial charge in [-0.1, -0.05) is 36.0 Å². The van der Waals surface area contributed by atoms with Crippen molar-refractivity contribution < 1.29 is 14.3 Å². The minimum absolute atomic E-state index is 0.309. The lowest BCUT2D eigenvalue weighted by Crippen LogP contribution is -2.33. The summed E-state index contributed by atoms with van der Waals surface area (Å²) in [6, 6.07) is 6.05. The zero-order valence-corrected chi connectivity index (χ0v) is 13.5. The molecule has 0 amide bonds. The topological polar surface area (TPSA) is 96.6 Å². The van der Waals surface area contributed by atoms with E-state index in [4.69, 9.17) is 0 Å². The van der Waals surface area contributed by atoms with E-state index in [9.17, 15) is 14.3 Å². The molecule has 3 rings (SSSR count). The molecule has 1 atom stereocenters. The van der Waals surface area contributed by atoms with Gasteiger partial charge in [0.25, 0.3) is 0 Å². The van der Waals surface area contributed by atoms with E-state index in [0.717, 1.165) is 17.3 Å². The van der Waals surface area contributed by atoms with Crippen LogP contribution in [0.2, 0.25) is 0 Å². The molecule has 0 aliphatic carbocycles. The number of nitrogens with zero attached hydrogens (tertiary/aromatic N) is 5. The van der Waals surface area contributed by atoms with Crippen molar-refractivity contribution in [2.75, 3.05) is 0 Å². The van der Waals surface area contributed by atoms with Crippen LogP contribution in [0.5, 0.6) is 0 Å². The molecular weight excluding hydrogens is 333 g/mol. The molecule has 9 heteroatoms. The summed E-state index contributed by atoms with van der Waals surface area (Å²) in [7, 11) is 0. The Kier molecular flexibility index (Phi) is 4.70. The second kappa shape index (κ2) is 6.91. The molecule has 0 spiro atoms. The van der Waals surface area contributed by atoms with Crippen LogP contribution in [0.25, 0.3) is 11.2 Å². The smallest absolute Gasteiger partial charge is 0.183 e. The summed E-state index contributed by atoms with van der Waals surface area (Å²) >= 11 is 1.07. The highest BCUT2D eigenvalue weighted by Crippen LogP contribution is 2.28. The number of carbonyl (C=O) groups excluding carboxylic acids is 1. The average Bonchev–Trinajstić information content (AvgIpc) is 2.98. The van der Waals surface area contributed by atoms with Crippen molar-refractivity contribution >= 4 is 28.9 Å². The molecule has 0 aliphatic rings. The van der Waals surface area contributed by atoms with E-state index < -0.39 is 11.2 Å². The Labute approximate surface area is 140 Å². The third-order valence-corrected chi connectivity index (χ3v) is 4.73. The fourth-order valence-corrected chi connectivity index (χ4v) is 3.04. The zero-order valence-electron chi connectivity index (χ0n) is 12.7. The van der Waals surface area contributed by atoms with Crippen LogP contribution in [0, 0.1) is 5.82 Å². The third-order valence-electron chi connectivity index (χ3n) is 3.40. The number of hydrogen-bond acceptors (Lipinski definition) is 7. The molecule has 0 bridgehead atoms. The standard InChI is InChI=1S/C15H14FN5O2S/c1-2-11(15(22)23)24-14-12-13(17-8-18-14)21(20-19-12)7-9-3-5-10(16)6-4-9/h3-6,8,11H,2,7H2,1H3,(H,22,23)/p-1/t11-/m1/s1. The average molecular weight is 346 g/mol. The Morgan fingerprint density at radius 1 is 1.33 bits per heavy atom. The molecule has 0 radical (unpaired) electrons. The number of carboxylic acids is 1. The molecule has 0 unspecified atom stereocenters. The Hall–Kier alpha value is -2.55. The predicted octanol–water partition coefficient (Wildman–Crippen LogP) is 1.03. The summed E-state index contributed by atoms with van der Waals surface area (Å²) < 4.78 is 14.5. The summed E-state index contributed by atoms with van der Waals surface area (Å²) in [5, 5.41) is 18.9. The van der Waals surface area contributed by atoms with Crippen LogP contribution in [0.3, 0.4) is 0 Å². The highest BCUT2D eigenvalue weighted by atomic mass is 32.2. The molecule has 3 aromatic rings. The lowest BCUT2D eigenvalue weighted by molar-refractivity contribution is -0.304. The van der Waals surface area contributed by atoms with Gasteiger partial charge in [0.15, 0.2) is 11.2 Å². The molecule has 0 saturated heterocycles. The Bertz CT molecular complexity index is 868. The number of aliphatic carboxylic acids is 1. The van der Waals surface area contributed by atoms with Crippen LogP contribution in [0.15, 0.2) is 35.6 Å². The number of thioether (sulfide) groups is 1. The van der Waals surface area contributed by atoms with Gasteiger partial charge in [-0.05, 0) is 24.1 Å². The predicted molar refractivity (Wildman–Crippen MR) is 83.6 cm³/mol. The van der Waals surface area contributed by atoms with Gasteiger partial charge in [-0.2, -0.15) is 0 Å². The zero-order chi connectivity index (χ0) is 17.1. The number of fused-ring (bicyclic) bond motifs is 1. The molecule has 0 aliphatic heterocycles. The van der Waals surface area contributed by atoms with Crippen molar-refractivity contribution in [1.29, 1.82) is 0 Å². The van der Waals surface area contributed by atoms with Crippen molar-refractivity contribution in [2.45, 2.75) is 30.2 Å². The Morgan fingerprint density at radius 3 is 2.75 bits per heavy atom. The van der Waals surface area contributed by atoms with Gasteiger partial charge < -0.3 is 9.90 Å². The maximum absolute atomic E-state index is 13.0. The van der Waals surface area contributed by atoms with Crippen LogP contribution in [-0.2, 0) is 11.3 Å². The molecular formula is C15H13FN5O2S-.